The molecule has 0 spiro atoms. The van der Waals surface area contributed by atoms with Gasteiger partial charge >= 0.3 is 23.9 Å². The maximum atomic E-state index is 11.7. The van der Waals surface area contributed by atoms with Crippen molar-refractivity contribution in [3.05, 3.63) is 0 Å². The maximum Gasteiger partial charge on any atom is 0.345 e. The predicted molar refractivity (Wildman–Crippen MR) is 77.3 cm³/mol. The number of ether oxygens (including phenoxy) is 2. The van der Waals surface area contributed by atoms with Crippen LogP contribution >= 0.6 is 0 Å². The van der Waals surface area contributed by atoms with Gasteiger partial charge in [-0.25, -0.2) is 9.59 Å². The lowest BCUT2D eigenvalue weighted by molar-refractivity contribution is -0.171. The number of carboxylic acids is 2. The van der Waals surface area contributed by atoms with Crippen LogP contribution in [-0.4, -0.2) is 52.3 Å². The molecule has 0 rings (SSSR count). The fourth-order valence-electron chi connectivity index (χ4n) is 1.61. The molecule has 4 N–H and O–H groups in total. The minimum atomic E-state index is -1.44. The SMILES string of the molecule is CC(C)C(OC(=O)C[C@H](N)C(=O)OC(C(=O)O)C(C)C)C(=O)O. The number of carbonyl (C=O) groups is 4. The van der Waals surface area contributed by atoms with E-state index in [1.807, 2.05) is 0 Å². The van der Waals surface area contributed by atoms with Crippen molar-refractivity contribution in [1.29, 1.82) is 0 Å². The molecule has 132 valence electrons. The lowest BCUT2D eigenvalue weighted by Gasteiger charge is -2.20. The van der Waals surface area contributed by atoms with Crippen LogP contribution in [0.25, 0.3) is 0 Å². The minimum Gasteiger partial charge on any atom is -0.478 e. The van der Waals surface area contributed by atoms with Crippen LogP contribution in [0.1, 0.15) is 34.1 Å². The third-order valence-electron chi connectivity index (χ3n) is 2.89. The second kappa shape index (κ2) is 9.09. The molecule has 0 aromatic heterocycles. The van der Waals surface area contributed by atoms with Crippen molar-refractivity contribution in [2.24, 2.45) is 17.6 Å². The topological polar surface area (TPSA) is 153 Å². The largest absolute Gasteiger partial charge is 0.478 e. The highest BCUT2D eigenvalue weighted by atomic mass is 16.6. The fourth-order valence-corrected chi connectivity index (χ4v) is 1.61. The standard InChI is InChI=1S/C14H23NO8/c1-6(2)10(12(17)18)22-9(16)5-8(15)14(21)23-11(7(3)4)13(19)20/h6-8,10-11H,5,15H2,1-4H3,(H,17,18)(H,19,20)/t8-,10?,11?/m0/s1. The number of carbonyl (C=O) groups excluding carboxylic acids is 2. The Morgan fingerprint density at radius 2 is 1.26 bits per heavy atom. The number of aliphatic carboxylic acids is 2. The molecule has 0 saturated heterocycles. The highest BCUT2D eigenvalue weighted by molar-refractivity contribution is 5.86. The van der Waals surface area contributed by atoms with E-state index in [-0.39, 0.29) is 0 Å². The first-order valence-electron chi connectivity index (χ1n) is 7.08. The van der Waals surface area contributed by atoms with Crippen molar-refractivity contribution in [1.82, 2.24) is 0 Å². The quantitative estimate of drug-likeness (QED) is 0.495. The molecule has 0 aromatic carbocycles. The van der Waals surface area contributed by atoms with E-state index >= 15 is 0 Å². The third kappa shape index (κ3) is 7.09. The normalized spacial score (nSPS) is 14.9. The minimum absolute atomic E-state index is 0.461. The van der Waals surface area contributed by atoms with E-state index in [2.05, 4.69) is 0 Å². The van der Waals surface area contributed by atoms with Crippen LogP contribution < -0.4 is 5.73 Å². The molecule has 23 heavy (non-hydrogen) atoms. The predicted octanol–water partition coefficient (Wildman–Crippen LogP) is 0.00860. The first-order valence-corrected chi connectivity index (χ1v) is 7.08. The number of carboxylic acid groups (broad SMARTS) is 2. The summed E-state index contributed by atoms with van der Waals surface area (Å²) < 4.78 is 9.50. The summed E-state index contributed by atoms with van der Waals surface area (Å²) in [7, 11) is 0. The van der Waals surface area contributed by atoms with Gasteiger partial charge in [-0.3, -0.25) is 9.59 Å². The molecular formula is C14H23NO8. The molecule has 0 aromatic rings. The molecule has 9 nitrogen and oxygen atoms in total. The van der Waals surface area contributed by atoms with Crippen LogP contribution in [0, 0.1) is 11.8 Å². The Bertz CT molecular complexity index is 460. The smallest absolute Gasteiger partial charge is 0.345 e. The number of nitrogens with two attached hydrogens (primary N) is 1. The highest BCUT2D eigenvalue weighted by Crippen LogP contribution is 2.11. The molecule has 0 fully saturated rings. The summed E-state index contributed by atoms with van der Waals surface area (Å²) in [5, 5.41) is 17.8. The number of hydrogen-bond acceptors (Lipinski definition) is 7. The van der Waals surface area contributed by atoms with E-state index in [0.29, 0.717) is 0 Å². The van der Waals surface area contributed by atoms with Crippen molar-refractivity contribution in [2.75, 3.05) is 0 Å². The summed E-state index contributed by atoms with van der Waals surface area (Å²) in [4.78, 5) is 45.2. The molecule has 0 aliphatic heterocycles. The van der Waals surface area contributed by atoms with Crippen molar-refractivity contribution < 1.29 is 38.9 Å². The van der Waals surface area contributed by atoms with E-state index in [1.165, 1.54) is 0 Å². The summed E-state index contributed by atoms with van der Waals surface area (Å²) >= 11 is 0. The van der Waals surface area contributed by atoms with Gasteiger partial charge in [0.05, 0.1) is 6.42 Å². The molecule has 0 heterocycles. The molecule has 0 bridgehead atoms. The Morgan fingerprint density at radius 1 is 0.870 bits per heavy atom. The average molecular weight is 333 g/mol. The van der Waals surface area contributed by atoms with Crippen molar-refractivity contribution in [3.63, 3.8) is 0 Å². The van der Waals surface area contributed by atoms with Crippen LogP contribution in [0.5, 0.6) is 0 Å². The van der Waals surface area contributed by atoms with Crippen LogP contribution in [0.3, 0.4) is 0 Å². The van der Waals surface area contributed by atoms with Gasteiger partial charge in [-0.1, -0.05) is 27.7 Å². The third-order valence-corrected chi connectivity index (χ3v) is 2.89. The van der Waals surface area contributed by atoms with Crippen LogP contribution in [0.15, 0.2) is 0 Å². The fraction of sp³-hybridized carbons (Fsp3) is 0.714. The second-order valence-electron chi connectivity index (χ2n) is 5.74. The maximum absolute atomic E-state index is 11.7. The highest BCUT2D eigenvalue weighted by Gasteiger charge is 2.31. The molecule has 0 aliphatic carbocycles. The summed E-state index contributed by atoms with van der Waals surface area (Å²) in [6.07, 6.45) is -3.35. The van der Waals surface area contributed by atoms with Gasteiger partial charge < -0.3 is 25.4 Å². The van der Waals surface area contributed by atoms with Gasteiger partial charge in [-0.15, -0.1) is 0 Å². The van der Waals surface area contributed by atoms with Crippen molar-refractivity contribution in [2.45, 2.75) is 52.4 Å². The summed E-state index contributed by atoms with van der Waals surface area (Å²) in [6, 6.07) is -1.44. The second-order valence-corrected chi connectivity index (χ2v) is 5.74. The van der Waals surface area contributed by atoms with Crippen molar-refractivity contribution >= 4 is 23.9 Å². The van der Waals surface area contributed by atoms with Crippen LogP contribution in [0.2, 0.25) is 0 Å². The monoisotopic (exact) mass is 333 g/mol. The van der Waals surface area contributed by atoms with E-state index < -0.39 is 60.4 Å². The molecule has 0 radical (unpaired) electrons. The number of hydrogen-bond donors (Lipinski definition) is 3. The zero-order chi connectivity index (χ0) is 18.3. The first kappa shape index (κ1) is 20.8. The Morgan fingerprint density at radius 3 is 1.61 bits per heavy atom. The first-order chi connectivity index (χ1) is 10.5. The van der Waals surface area contributed by atoms with Crippen LogP contribution in [0.4, 0.5) is 0 Å². The van der Waals surface area contributed by atoms with Gasteiger partial charge in [-0.2, -0.15) is 0 Å². The molecule has 0 aliphatic rings. The van der Waals surface area contributed by atoms with Gasteiger partial charge in [0.15, 0.2) is 0 Å². The Balaban J connectivity index is 4.65. The summed E-state index contributed by atoms with van der Waals surface area (Å²) in [5.74, 6) is -5.62. The van der Waals surface area contributed by atoms with Gasteiger partial charge in [0.1, 0.15) is 6.04 Å². The van der Waals surface area contributed by atoms with Gasteiger partial charge in [0, 0.05) is 11.8 Å². The zero-order valence-corrected chi connectivity index (χ0v) is 13.5. The average Bonchev–Trinajstić information content (AvgIpc) is 2.40. The lowest BCUT2D eigenvalue weighted by atomic mass is 10.1. The molecular weight excluding hydrogens is 310 g/mol. The number of rotatable bonds is 9. The lowest BCUT2D eigenvalue weighted by Crippen LogP contribution is -2.42. The summed E-state index contributed by atoms with van der Waals surface area (Å²) in [6.45, 7) is 6.21. The zero-order valence-electron chi connectivity index (χ0n) is 13.5. The van der Waals surface area contributed by atoms with E-state index in [9.17, 15) is 19.2 Å². The Kier molecular flexibility index (Phi) is 8.23. The molecule has 0 saturated carbocycles. The summed E-state index contributed by atoms with van der Waals surface area (Å²) in [5.41, 5.74) is 5.48. The number of esters is 2. The molecule has 2 unspecified atom stereocenters. The Labute approximate surface area is 133 Å². The van der Waals surface area contributed by atoms with E-state index in [1.54, 1.807) is 27.7 Å². The van der Waals surface area contributed by atoms with Gasteiger partial charge in [-0.05, 0) is 0 Å². The van der Waals surface area contributed by atoms with Crippen LogP contribution in [-0.2, 0) is 28.7 Å². The van der Waals surface area contributed by atoms with E-state index in [4.69, 9.17) is 25.4 Å². The van der Waals surface area contributed by atoms with E-state index in [0.717, 1.165) is 0 Å². The Hall–Kier alpha value is -2.16. The molecule has 3 atom stereocenters. The van der Waals surface area contributed by atoms with Crippen molar-refractivity contribution in [3.8, 4) is 0 Å². The van der Waals surface area contributed by atoms with Gasteiger partial charge in [0.25, 0.3) is 0 Å². The molecule has 9 heteroatoms. The molecule has 0 amide bonds. The van der Waals surface area contributed by atoms with Gasteiger partial charge in [0.2, 0.25) is 12.2 Å².